The summed E-state index contributed by atoms with van der Waals surface area (Å²) >= 11 is 7.44. The van der Waals surface area contributed by atoms with Crippen LogP contribution in [0, 0.1) is 12.8 Å². The summed E-state index contributed by atoms with van der Waals surface area (Å²) in [6.45, 7) is 3.33. The first-order valence-corrected chi connectivity index (χ1v) is 9.69. The molecule has 1 aromatic rings. The third-order valence-electron chi connectivity index (χ3n) is 4.95. The van der Waals surface area contributed by atoms with Crippen LogP contribution in [0.2, 0.25) is 0 Å². The Morgan fingerprint density at radius 1 is 1.05 bits per heavy atom. The van der Waals surface area contributed by atoms with E-state index in [2.05, 4.69) is 61.5 Å². The van der Waals surface area contributed by atoms with Crippen molar-refractivity contribution in [3.63, 3.8) is 0 Å². The Kier molecular flexibility index (Phi) is 5.28. The molecule has 3 atom stereocenters. The maximum atomic E-state index is 3.84. The van der Waals surface area contributed by atoms with Gasteiger partial charge < -0.3 is 10.6 Å². The van der Waals surface area contributed by atoms with Crippen molar-refractivity contribution >= 4 is 37.5 Å². The molecule has 0 aromatic heterocycles. The summed E-state index contributed by atoms with van der Waals surface area (Å²) in [5.41, 5.74) is 2.49. The lowest BCUT2D eigenvalue weighted by Crippen LogP contribution is -2.43. The van der Waals surface area contributed by atoms with Crippen molar-refractivity contribution in [2.24, 2.45) is 5.92 Å². The maximum absolute atomic E-state index is 3.84. The molecule has 1 aromatic carbocycles. The Morgan fingerprint density at radius 3 is 2.43 bits per heavy atom. The van der Waals surface area contributed by atoms with Gasteiger partial charge in [-0.1, -0.05) is 12.8 Å². The zero-order valence-electron chi connectivity index (χ0n) is 12.6. The number of hydrogen-bond donors (Lipinski definition) is 2. The van der Waals surface area contributed by atoms with E-state index < -0.39 is 0 Å². The van der Waals surface area contributed by atoms with Gasteiger partial charge >= 0.3 is 0 Å². The molecule has 0 spiro atoms. The number of halogens is 2. The van der Waals surface area contributed by atoms with Gasteiger partial charge in [0.15, 0.2) is 0 Å². The standard InChI is InChI=1S/C17H24Br2N2/c1-11-9-13(18)17(14(19)10-11)21-16-6-3-2-5-12(16)15-7-4-8-20-15/h9-10,12,15-16,20-21H,2-8H2,1H3. The second-order valence-corrected chi connectivity index (χ2v) is 8.21. The minimum atomic E-state index is 0.588. The van der Waals surface area contributed by atoms with Gasteiger partial charge in [0.05, 0.1) is 5.69 Å². The molecule has 2 N–H and O–H groups in total. The van der Waals surface area contributed by atoms with Crippen molar-refractivity contribution < 1.29 is 0 Å². The summed E-state index contributed by atoms with van der Waals surface area (Å²) in [5, 5.41) is 7.55. The van der Waals surface area contributed by atoms with Gasteiger partial charge in [-0.05, 0) is 94.6 Å². The molecule has 0 bridgehead atoms. The number of nitrogens with one attached hydrogen (secondary N) is 2. The lowest BCUT2D eigenvalue weighted by atomic mass is 9.79. The molecule has 2 aliphatic rings. The summed E-state index contributed by atoms with van der Waals surface area (Å²) in [4.78, 5) is 0. The average Bonchev–Trinajstić information content (AvgIpc) is 2.97. The van der Waals surface area contributed by atoms with Crippen LogP contribution in [0.3, 0.4) is 0 Å². The molecule has 1 saturated carbocycles. The van der Waals surface area contributed by atoms with Gasteiger partial charge in [-0.3, -0.25) is 0 Å². The van der Waals surface area contributed by atoms with E-state index in [0.29, 0.717) is 12.1 Å². The average molecular weight is 416 g/mol. The second-order valence-electron chi connectivity index (χ2n) is 6.51. The van der Waals surface area contributed by atoms with Crippen LogP contribution < -0.4 is 10.6 Å². The molecule has 1 aliphatic carbocycles. The van der Waals surface area contributed by atoms with Crippen LogP contribution in [0.15, 0.2) is 21.1 Å². The van der Waals surface area contributed by atoms with E-state index in [4.69, 9.17) is 0 Å². The molecule has 21 heavy (non-hydrogen) atoms. The summed E-state index contributed by atoms with van der Waals surface area (Å²) < 4.78 is 2.33. The van der Waals surface area contributed by atoms with E-state index in [1.54, 1.807) is 0 Å². The molecule has 4 heteroatoms. The number of anilines is 1. The van der Waals surface area contributed by atoms with Crippen molar-refractivity contribution in [3.05, 3.63) is 26.6 Å². The van der Waals surface area contributed by atoms with Gasteiger partial charge in [0.25, 0.3) is 0 Å². The fourth-order valence-corrected chi connectivity index (χ4v) is 5.56. The second kappa shape index (κ2) is 7.01. The molecule has 0 amide bonds. The van der Waals surface area contributed by atoms with Crippen LogP contribution in [-0.4, -0.2) is 18.6 Å². The van der Waals surface area contributed by atoms with Crippen LogP contribution in [0.1, 0.15) is 44.1 Å². The Bertz CT molecular complexity index is 475. The minimum Gasteiger partial charge on any atom is -0.380 e. The molecule has 116 valence electrons. The third kappa shape index (κ3) is 3.65. The van der Waals surface area contributed by atoms with Gasteiger partial charge in [-0.25, -0.2) is 0 Å². The summed E-state index contributed by atoms with van der Waals surface area (Å²) in [6, 6.07) is 5.69. The van der Waals surface area contributed by atoms with E-state index in [9.17, 15) is 0 Å². The minimum absolute atomic E-state index is 0.588. The number of aryl methyl sites for hydroxylation is 1. The molecule has 2 fully saturated rings. The van der Waals surface area contributed by atoms with Crippen LogP contribution in [0.5, 0.6) is 0 Å². The van der Waals surface area contributed by atoms with Gasteiger partial charge in [-0.15, -0.1) is 0 Å². The largest absolute Gasteiger partial charge is 0.380 e. The molecular weight excluding hydrogens is 392 g/mol. The van der Waals surface area contributed by atoms with Crippen molar-refractivity contribution in [2.45, 2.75) is 57.5 Å². The molecule has 1 aliphatic heterocycles. The zero-order chi connectivity index (χ0) is 14.8. The van der Waals surface area contributed by atoms with E-state index in [1.165, 1.54) is 56.3 Å². The third-order valence-corrected chi connectivity index (χ3v) is 6.20. The Morgan fingerprint density at radius 2 is 1.76 bits per heavy atom. The first kappa shape index (κ1) is 15.8. The van der Waals surface area contributed by atoms with Crippen LogP contribution in [0.25, 0.3) is 0 Å². The maximum Gasteiger partial charge on any atom is 0.0631 e. The van der Waals surface area contributed by atoms with Crippen molar-refractivity contribution in [3.8, 4) is 0 Å². The number of rotatable bonds is 3. The molecular formula is C17H24Br2N2. The highest BCUT2D eigenvalue weighted by atomic mass is 79.9. The van der Waals surface area contributed by atoms with Gasteiger partial charge in [-0.2, -0.15) is 0 Å². The highest BCUT2D eigenvalue weighted by Gasteiger charge is 2.33. The smallest absolute Gasteiger partial charge is 0.0631 e. The van der Waals surface area contributed by atoms with E-state index in [-0.39, 0.29) is 0 Å². The van der Waals surface area contributed by atoms with E-state index >= 15 is 0 Å². The normalized spacial score (nSPS) is 29.6. The zero-order valence-corrected chi connectivity index (χ0v) is 15.8. The lowest BCUT2D eigenvalue weighted by molar-refractivity contribution is 0.262. The SMILES string of the molecule is Cc1cc(Br)c(NC2CCCCC2C2CCCN2)c(Br)c1. The van der Waals surface area contributed by atoms with Gasteiger partial charge in [0.2, 0.25) is 0 Å². The Balaban J connectivity index is 1.78. The predicted octanol–water partition coefficient (Wildman–Crippen LogP) is 5.24. The van der Waals surface area contributed by atoms with Crippen molar-refractivity contribution in [2.75, 3.05) is 11.9 Å². The van der Waals surface area contributed by atoms with Gasteiger partial charge in [0.1, 0.15) is 0 Å². The predicted molar refractivity (Wildman–Crippen MR) is 97.0 cm³/mol. The summed E-state index contributed by atoms with van der Waals surface area (Å²) in [6.07, 6.45) is 8.07. The highest BCUT2D eigenvalue weighted by molar-refractivity contribution is 9.11. The number of hydrogen-bond acceptors (Lipinski definition) is 2. The topological polar surface area (TPSA) is 24.1 Å². The van der Waals surface area contributed by atoms with Crippen molar-refractivity contribution in [1.29, 1.82) is 0 Å². The highest BCUT2D eigenvalue weighted by Crippen LogP contribution is 2.37. The van der Waals surface area contributed by atoms with Crippen LogP contribution in [-0.2, 0) is 0 Å². The molecule has 2 nitrogen and oxygen atoms in total. The molecule has 0 radical (unpaired) electrons. The molecule has 1 saturated heterocycles. The monoisotopic (exact) mass is 414 g/mol. The van der Waals surface area contributed by atoms with E-state index in [1.807, 2.05) is 0 Å². The lowest BCUT2D eigenvalue weighted by Gasteiger charge is -2.37. The first-order chi connectivity index (χ1) is 10.1. The molecule has 3 unspecified atom stereocenters. The molecule has 3 rings (SSSR count). The fourth-order valence-electron chi connectivity index (χ4n) is 3.92. The number of benzene rings is 1. The fraction of sp³-hybridized carbons (Fsp3) is 0.647. The van der Waals surface area contributed by atoms with Crippen LogP contribution >= 0.6 is 31.9 Å². The Hall–Kier alpha value is -0.0600. The van der Waals surface area contributed by atoms with E-state index in [0.717, 1.165) is 14.9 Å². The summed E-state index contributed by atoms with van der Waals surface area (Å²) in [5.74, 6) is 0.765. The van der Waals surface area contributed by atoms with Crippen LogP contribution in [0.4, 0.5) is 5.69 Å². The molecule has 1 heterocycles. The first-order valence-electron chi connectivity index (χ1n) is 8.10. The van der Waals surface area contributed by atoms with Crippen molar-refractivity contribution in [1.82, 2.24) is 5.32 Å². The summed E-state index contributed by atoms with van der Waals surface area (Å²) in [7, 11) is 0. The Labute approximate surface area is 144 Å². The quantitative estimate of drug-likeness (QED) is 0.704. The van der Waals surface area contributed by atoms with Gasteiger partial charge in [0, 0.05) is 21.0 Å².